The fourth-order valence-electron chi connectivity index (χ4n) is 2.67. The van der Waals surface area contributed by atoms with E-state index in [0.717, 1.165) is 27.8 Å². The van der Waals surface area contributed by atoms with Crippen LogP contribution >= 0.6 is 15.9 Å². The summed E-state index contributed by atoms with van der Waals surface area (Å²) in [5, 5.41) is 0. The van der Waals surface area contributed by atoms with E-state index in [1.807, 2.05) is 25.1 Å². The minimum absolute atomic E-state index is 0.197. The molecule has 0 N–H and O–H groups in total. The fourth-order valence-corrected chi connectivity index (χ4v) is 3.28. The van der Waals surface area contributed by atoms with E-state index < -0.39 is 0 Å². The highest BCUT2D eigenvalue weighted by Crippen LogP contribution is 2.37. The third-order valence-corrected chi connectivity index (χ3v) is 4.26. The van der Waals surface area contributed by atoms with Crippen LogP contribution in [0.25, 0.3) is 0 Å². The Morgan fingerprint density at radius 1 is 1.28 bits per heavy atom. The summed E-state index contributed by atoms with van der Waals surface area (Å²) >= 11 is 3.55. The minimum Gasteiger partial charge on any atom is -0.468 e. The van der Waals surface area contributed by atoms with Crippen molar-refractivity contribution >= 4 is 21.7 Å². The molecule has 0 bridgehead atoms. The second-order valence-corrected chi connectivity index (χ2v) is 5.62. The molecule has 1 unspecified atom stereocenters. The molecule has 18 heavy (non-hydrogen) atoms. The Balaban J connectivity index is 2.00. The number of carbonyl (C=O) groups excluding carboxylic acids is 1. The topological polar surface area (TPSA) is 30.2 Å². The predicted octanol–water partition coefficient (Wildman–Crippen LogP) is 4.26. The van der Waals surface area contributed by atoms with Crippen LogP contribution in [-0.2, 0) is 6.42 Å². The third kappa shape index (κ3) is 1.83. The molecule has 1 aliphatic carbocycles. The molecule has 0 fully saturated rings. The van der Waals surface area contributed by atoms with Crippen molar-refractivity contribution in [2.24, 2.45) is 0 Å². The van der Waals surface area contributed by atoms with Crippen molar-refractivity contribution in [3.05, 3.63) is 57.5 Å². The maximum Gasteiger partial charge on any atom is 0.167 e. The van der Waals surface area contributed by atoms with Crippen LogP contribution in [0.15, 0.2) is 39.4 Å². The van der Waals surface area contributed by atoms with E-state index in [2.05, 4.69) is 22.0 Å². The van der Waals surface area contributed by atoms with Gasteiger partial charge in [-0.1, -0.05) is 34.1 Å². The highest BCUT2D eigenvalue weighted by atomic mass is 79.9. The molecule has 0 amide bonds. The Hall–Kier alpha value is -1.35. The zero-order valence-electron chi connectivity index (χ0n) is 10.1. The highest BCUT2D eigenvalue weighted by molar-refractivity contribution is 9.10. The number of fused-ring (bicyclic) bond motifs is 1. The average molecular weight is 305 g/mol. The number of carbonyl (C=O) groups is 1. The van der Waals surface area contributed by atoms with Crippen LogP contribution in [0.3, 0.4) is 0 Å². The molecular weight excluding hydrogens is 292 g/mol. The van der Waals surface area contributed by atoms with Crippen molar-refractivity contribution < 1.29 is 9.21 Å². The van der Waals surface area contributed by atoms with Gasteiger partial charge in [0.05, 0.1) is 11.8 Å². The quantitative estimate of drug-likeness (QED) is 0.788. The Labute approximate surface area is 114 Å². The first-order valence-electron chi connectivity index (χ1n) is 6.01. The molecule has 0 saturated carbocycles. The van der Waals surface area contributed by atoms with Crippen molar-refractivity contribution in [2.75, 3.05) is 0 Å². The summed E-state index contributed by atoms with van der Waals surface area (Å²) in [7, 11) is 0. The summed E-state index contributed by atoms with van der Waals surface area (Å²) in [5.74, 6) is 1.25. The van der Waals surface area contributed by atoms with E-state index in [4.69, 9.17) is 4.42 Å². The SMILES string of the molecule is Cc1coc2c1C(=O)CC(c1ccccc1Br)C2. The molecule has 3 heteroatoms. The van der Waals surface area contributed by atoms with Crippen LogP contribution in [0.2, 0.25) is 0 Å². The summed E-state index contributed by atoms with van der Waals surface area (Å²) in [6.07, 6.45) is 3.05. The molecule has 0 radical (unpaired) electrons. The minimum atomic E-state index is 0.197. The van der Waals surface area contributed by atoms with E-state index in [1.54, 1.807) is 6.26 Å². The normalized spacial score (nSPS) is 18.8. The number of Topliss-reactive ketones (excluding diaryl/α,β-unsaturated/α-hetero) is 1. The number of halogens is 1. The van der Waals surface area contributed by atoms with E-state index in [1.165, 1.54) is 5.56 Å². The first-order chi connectivity index (χ1) is 8.66. The number of rotatable bonds is 1. The van der Waals surface area contributed by atoms with Crippen molar-refractivity contribution in [1.29, 1.82) is 0 Å². The Bertz CT molecular complexity index is 613. The van der Waals surface area contributed by atoms with Crippen LogP contribution in [-0.4, -0.2) is 5.78 Å². The third-order valence-electron chi connectivity index (χ3n) is 3.54. The number of ketones is 1. The lowest BCUT2D eigenvalue weighted by atomic mass is 9.82. The van der Waals surface area contributed by atoms with Gasteiger partial charge in [0.2, 0.25) is 0 Å². The molecule has 92 valence electrons. The molecule has 1 aliphatic rings. The van der Waals surface area contributed by atoms with Crippen molar-refractivity contribution in [1.82, 2.24) is 0 Å². The van der Waals surface area contributed by atoms with Crippen molar-refractivity contribution in [3.8, 4) is 0 Å². The lowest BCUT2D eigenvalue weighted by molar-refractivity contribution is 0.0960. The molecule has 0 spiro atoms. The van der Waals surface area contributed by atoms with Crippen molar-refractivity contribution in [3.63, 3.8) is 0 Å². The van der Waals surface area contributed by atoms with Gasteiger partial charge in [0.1, 0.15) is 5.76 Å². The monoisotopic (exact) mass is 304 g/mol. The Morgan fingerprint density at radius 2 is 2.06 bits per heavy atom. The first kappa shape index (κ1) is 11.7. The van der Waals surface area contributed by atoms with E-state index >= 15 is 0 Å². The molecular formula is C15H13BrO2. The van der Waals surface area contributed by atoms with Crippen LogP contribution < -0.4 is 0 Å². The Kier molecular flexibility index (Phi) is 2.86. The van der Waals surface area contributed by atoms with Gasteiger partial charge in [-0.2, -0.15) is 0 Å². The van der Waals surface area contributed by atoms with E-state index in [9.17, 15) is 4.79 Å². The summed E-state index contributed by atoms with van der Waals surface area (Å²) in [6.45, 7) is 1.93. The molecule has 1 aromatic heterocycles. The van der Waals surface area contributed by atoms with Crippen LogP contribution in [0.5, 0.6) is 0 Å². The molecule has 2 aromatic rings. The van der Waals surface area contributed by atoms with Crippen LogP contribution in [0.1, 0.15) is 39.6 Å². The van der Waals surface area contributed by atoms with Crippen molar-refractivity contribution in [2.45, 2.75) is 25.7 Å². The average Bonchev–Trinajstić information content (AvgIpc) is 2.72. The van der Waals surface area contributed by atoms with Gasteiger partial charge in [0.15, 0.2) is 5.78 Å². The summed E-state index contributed by atoms with van der Waals surface area (Å²) in [4.78, 5) is 12.2. The maximum atomic E-state index is 12.2. The van der Waals surface area contributed by atoms with E-state index in [0.29, 0.717) is 6.42 Å². The second-order valence-electron chi connectivity index (χ2n) is 4.77. The maximum absolute atomic E-state index is 12.2. The van der Waals surface area contributed by atoms with Gasteiger partial charge in [-0.15, -0.1) is 0 Å². The van der Waals surface area contributed by atoms with Crippen LogP contribution in [0.4, 0.5) is 0 Å². The van der Waals surface area contributed by atoms with E-state index in [-0.39, 0.29) is 11.7 Å². The van der Waals surface area contributed by atoms with Gasteiger partial charge >= 0.3 is 0 Å². The number of hydrogen-bond donors (Lipinski definition) is 0. The van der Waals surface area contributed by atoms with Gasteiger partial charge in [-0.05, 0) is 30.0 Å². The van der Waals surface area contributed by atoms with Gasteiger partial charge in [-0.3, -0.25) is 4.79 Å². The standard InChI is InChI=1S/C15H13BrO2/c1-9-8-18-14-7-10(6-13(17)15(9)14)11-4-2-3-5-12(11)16/h2-5,8,10H,6-7H2,1H3. The molecule has 1 heterocycles. The smallest absolute Gasteiger partial charge is 0.167 e. The molecule has 0 aliphatic heterocycles. The molecule has 1 atom stereocenters. The van der Waals surface area contributed by atoms with Gasteiger partial charge in [0.25, 0.3) is 0 Å². The molecule has 1 aromatic carbocycles. The highest BCUT2D eigenvalue weighted by Gasteiger charge is 2.30. The summed E-state index contributed by atoms with van der Waals surface area (Å²) in [5.41, 5.74) is 2.95. The number of benzene rings is 1. The van der Waals surface area contributed by atoms with Crippen LogP contribution in [0, 0.1) is 6.92 Å². The number of aryl methyl sites for hydroxylation is 1. The first-order valence-corrected chi connectivity index (χ1v) is 6.80. The molecule has 2 nitrogen and oxygen atoms in total. The zero-order chi connectivity index (χ0) is 12.7. The number of furan rings is 1. The second kappa shape index (κ2) is 4.39. The fraction of sp³-hybridized carbons (Fsp3) is 0.267. The van der Waals surface area contributed by atoms with Gasteiger partial charge < -0.3 is 4.42 Å². The van der Waals surface area contributed by atoms with Gasteiger partial charge in [-0.25, -0.2) is 0 Å². The molecule has 0 saturated heterocycles. The lowest BCUT2D eigenvalue weighted by Crippen LogP contribution is -2.18. The van der Waals surface area contributed by atoms with Gasteiger partial charge in [0, 0.05) is 17.3 Å². The summed E-state index contributed by atoms with van der Waals surface area (Å²) < 4.78 is 6.58. The largest absolute Gasteiger partial charge is 0.468 e. The zero-order valence-corrected chi connectivity index (χ0v) is 11.7. The Morgan fingerprint density at radius 3 is 2.83 bits per heavy atom. The summed E-state index contributed by atoms with van der Waals surface area (Å²) in [6, 6.07) is 8.08. The lowest BCUT2D eigenvalue weighted by Gasteiger charge is -2.22. The molecule has 3 rings (SSSR count). The number of hydrogen-bond acceptors (Lipinski definition) is 2. The predicted molar refractivity (Wildman–Crippen MR) is 73.0 cm³/mol.